The molecule has 1 unspecified atom stereocenters. The van der Waals surface area contributed by atoms with Crippen LogP contribution >= 0.6 is 0 Å². The first-order chi connectivity index (χ1) is 7.00. The van der Waals surface area contributed by atoms with Crippen molar-refractivity contribution in [3.05, 3.63) is 0 Å². The third-order valence-corrected chi connectivity index (χ3v) is 3.38. The van der Waals surface area contributed by atoms with Crippen molar-refractivity contribution in [1.29, 1.82) is 0 Å². The molecule has 3 heteroatoms. The molecule has 0 aromatic carbocycles. The van der Waals surface area contributed by atoms with Crippen LogP contribution in [0.2, 0.25) is 0 Å². The zero-order valence-corrected chi connectivity index (χ0v) is 9.90. The molecular formula is C12H22O3. The van der Waals surface area contributed by atoms with Crippen molar-refractivity contribution in [3.8, 4) is 0 Å². The second-order valence-corrected chi connectivity index (χ2v) is 5.07. The minimum Gasteiger partial charge on any atom is -0.480 e. The van der Waals surface area contributed by atoms with Crippen LogP contribution in [0.3, 0.4) is 0 Å². The number of rotatable bonds is 4. The van der Waals surface area contributed by atoms with E-state index in [1.807, 2.05) is 0 Å². The first kappa shape index (κ1) is 12.5. The van der Waals surface area contributed by atoms with E-state index in [-0.39, 0.29) is 12.7 Å². The third kappa shape index (κ3) is 3.82. The fourth-order valence-electron chi connectivity index (χ4n) is 2.48. The second-order valence-electron chi connectivity index (χ2n) is 5.07. The van der Waals surface area contributed by atoms with Gasteiger partial charge < -0.3 is 9.84 Å². The zero-order valence-electron chi connectivity index (χ0n) is 9.90. The van der Waals surface area contributed by atoms with Crippen molar-refractivity contribution < 1.29 is 14.6 Å². The molecule has 0 spiro atoms. The zero-order chi connectivity index (χ0) is 11.4. The highest BCUT2D eigenvalue weighted by Crippen LogP contribution is 2.35. The number of carbonyl (C=O) groups is 1. The van der Waals surface area contributed by atoms with Crippen LogP contribution in [-0.2, 0) is 9.53 Å². The van der Waals surface area contributed by atoms with Crippen LogP contribution in [0.25, 0.3) is 0 Å². The minimum absolute atomic E-state index is 0.143. The molecule has 1 fully saturated rings. The molecule has 0 amide bonds. The van der Waals surface area contributed by atoms with E-state index in [0.29, 0.717) is 17.8 Å². The maximum Gasteiger partial charge on any atom is 0.329 e. The Bertz CT molecular complexity index is 213. The predicted molar refractivity (Wildman–Crippen MR) is 58.7 cm³/mol. The van der Waals surface area contributed by atoms with E-state index >= 15 is 0 Å². The number of hydrogen-bond acceptors (Lipinski definition) is 2. The summed E-state index contributed by atoms with van der Waals surface area (Å²) >= 11 is 0. The molecule has 0 bridgehead atoms. The lowest BCUT2D eigenvalue weighted by Crippen LogP contribution is -2.35. The fourth-order valence-corrected chi connectivity index (χ4v) is 2.48. The summed E-state index contributed by atoms with van der Waals surface area (Å²) < 4.78 is 5.49. The molecule has 0 heterocycles. The molecular weight excluding hydrogens is 192 g/mol. The largest absolute Gasteiger partial charge is 0.480 e. The molecule has 0 aliphatic heterocycles. The average molecular weight is 214 g/mol. The van der Waals surface area contributed by atoms with E-state index in [1.54, 1.807) is 0 Å². The molecule has 1 saturated carbocycles. The summed E-state index contributed by atoms with van der Waals surface area (Å²) in [6, 6.07) is 0. The van der Waals surface area contributed by atoms with Gasteiger partial charge in [0.15, 0.2) is 0 Å². The van der Waals surface area contributed by atoms with Crippen molar-refractivity contribution >= 4 is 5.97 Å². The molecule has 0 aromatic rings. The molecule has 1 rings (SSSR count). The molecule has 1 aliphatic rings. The van der Waals surface area contributed by atoms with Crippen molar-refractivity contribution in [1.82, 2.24) is 0 Å². The summed E-state index contributed by atoms with van der Waals surface area (Å²) in [4.78, 5) is 10.5. The van der Waals surface area contributed by atoms with Gasteiger partial charge in [0.2, 0.25) is 0 Å². The Kier molecular flexibility index (Phi) is 4.58. The maximum atomic E-state index is 10.5. The molecule has 1 N–H and O–H groups in total. The summed E-state index contributed by atoms with van der Waals surface area (Å²) in [5.74, 6) is 0.909. The monoisotopic (exact) mass is 214 g/mol. The van der Waals surface area contributed by atoms with E-state index < -0.39 is 5.97 Å². The van der Waals surface area contributed by atoms with Crippen molar-refractivity contribution in [3.63, 3.8) is 0 Å². The molecule has 15 heavy (non-hydrogen) atoms. The van der Waals surface area contributed by atoms with Crippen LogP contribution in [0.4, 0.5) is 0 Å². The molecule has 3 atom stereocenters. The molecule has 0 aromatic heterocycles. The van der Waals surface area contributed by atoms with Crippen molar-refractivity contribution in [2.45, 2.75) is 46.1 Å². The van der Waals surface area contributed by atoms with Gasteiger partial charge in [-0.25, -0.2) is 4.79 Å². The summed E-state index contributed by atoms with van der Waals surface area (Å²) in [6.45, 7) is 6.45. The molecule has 0 saturated heterocycles. The van der Waals surface area contributed by atoms with E-state index in [2.05, 4.69) is 20.8 Å². The van der Waals surface area contributed by atoms with Gasteiger partial charge in [-0.05, 0) is 30.6 Å². The van der Waals surface area contributed by atoms with Crippen LogP contribution < -0.4 is 0 Å². The molecule has 1 aliphatic carbocycles. The molecule has 88 valence electrons. The first-order valence-corrected chi connectivity index (χ1v) is 5.84. The Morgan fingerprint density at radius 1 is 1.47 bits per heavy atom. The summed E-state index contributed by atoms with van der Waals surface area (Å²) in [5, 5.41) is 8.61. The van der Waals surface area contributed by atoms with Gasteiger partial charge in [0, 0.05) is 0 Å². The SMILES string of the molecule is CC(C)[C@H]1CC[C@H](C)CC1OCC(=O)O. The van der Waals surface area contributed by atoms with E-state index in [1.165, 1.54) is 12.8 Å². The topological polar surface area (TPSA) is 46.5 Å². The van der Waals surface area contributed by atoms with Gasteiger partial charge in [0.1, 0.15) is 6.61 Å². The highest BCUT2D eigenvalue weighted by atomic mass is 16.5. The van der Waals surface area contributed by atoms with Gasteiger partial charge in [-0.3, -0.25) is 0 Å². The standard InChI is InChI=1S/C12H22O3/c1-8(2)10-5-4-9(3)6-11(10)15-7-12(13)14/h8-11H,4-7H2,1-3H3,(H,13,14)/t9-,10+,11?/m0/s1. The van der Waals surface area contributed by atoms with Gasteiger partial charge in [0.05, 0.1) is 6.10 Å². The highest BCUT2D eigenvalue weighted by molar-refractivity contribution is 5.68. The first-order valence-electron chi connectivity index (χ1n) is 5.84. The Hall–Kier alpha value is -0.570. The van der Waals surface area contributed by atoms with E-state index in [4.69, 9.17) is 9.84 Å². The second kappa shape index (κ2) is 5.50. The van der Waals surface area contributed by atoms with Crippen LogP contribution in [-0.4, -0.2) is 23.8 Å². The normalized spacial score (nSPS) is 31.9. The fraction of sp³-hybridized carbons (Fsp3) is 0.917. The van der Waals surface area contributed by atoms with Gasteiger partial charge in [-0.15, -0.1) is 0 Å². The lowest BCUT2D eigenvalue weighted by atomic mass is 9.75. The van der Waals surface area contributed by atoms with Gasteiger partial charge in [0.25, 0.3) is 0 Å². The maximum absolute atomic E-state index is 10.5. The Balaban J connectivity index is 2.50. The van der Waals surface area contributed by atoms with Crippen molar-refractivity contribution in [2.24, 2.45) is 17.8 Å². The third-order valence-electron chi connectivity index (χ3n) is 3.38. The minimum atomic E-state index is -0.865. The van der Waals surface area contributed by atoms with Crippen LogP contribution in [0.1, 0.15) is 40.0 Å². The van der Waals surface area contributed by atoms with E-state index in [0.717, 1.165) is 6.42 Å². The number of aliphatic carboxylic acids is 1. The van der Waals surface area contributed by atoms with E-state index in [9.17, 15) is 4.79 Å². The quantitative estimate of drug-likeness (QED) is 0.782. The Morgan fingerprint density at radius 3 is 2.67 bits per heavy atom. The van der Waals surface area contributed by atoms with Gasteiger partial charge in [-0.1, -0.05) is 27.2 Å². The summed E-state index contributed by atoms with van der Waals surface area (Å²) in [6.07, 6.45) is 3.57. The number of hydrogen-bond donors (Lipinski definition) is 1. The Labute approximate surface area is 91.8 Å². The predicted octanol–water partition coefficient (Wildman–Crippen LogP) is 2.55. The van der Waals surface area contributed by atoms with Crippen molar-refractivity contribution in [2.75, 3.05) is 6.61 Å². The summed E-state index contributed by atoms with van der Waals surface area (Å²) in [7, 11) is 0. The van der Waals surface area contributed by atoms with Crippen LogP contribution in [0, 0.1) is 17.8 Å². The molecule has 3 nitrogen and oxygen atoms in total. The summed E-state index contributed by atoms with van der Waals surface area (Å²) in [5.41, 5.74) is 0. The van der Waals surface area contributed by atoms with Crippen LogP contribution in [0.5, 0.6) is 0 Å². The lowest BCUT2D eigenvalue weighted by Gasteiger charge is -2.36. The Morgan fingerprint density at radius 2 is 2.13 bits per heavy atom. The average Bonchev–Trinajstić information content (AvgIpc) is 2.14. The van der Waals surface area contributed by atoms with Gasteiger partial charge in [-0.2, -0.15) is 0 Å². The lowest BCUT2D eigenvalue weighted by molar-refractivity contribution is -0.147. The van der Waals surface area contributed by atoms with Gasteiger partial charge >= 0.3 is 5.97 Å². The smallest absolute Gasteiger partial charge is 0.329 e. The number of carboxylic acids is 1. The molecule has 0 radical (unpaired) electrons. The number of carboxylic acid groups (broad SMARTS) is 1. The number of ether oxygens (including phenoxy) is 1. The van der Waals surface area contributed by atoms with Crippen LogP contribution in [0.15, 0.2) is 0 Å². The highest BCUT2D eigenvalue weighted by Gasteiger charge is 2.31.